The zero-order chi connectivity index (χ0) is 19.9. The molecular weight excluding hydrogens is 362 g/mol. The molecule has 29 heavy (non-hydrogen) atoms. The summed E-state index contributed by atoms with van der Waals surface area (Å²) in [5, 5.41) is 3.22. The van der Waals surface area contributed by atoms with E-state index in [-0.39, 0.29) is 11.8 Å². The molecule has 0 radical (unpaired) electrons. The van der Waals surface area contributed by atoms with Gasteiger partial charge < -0.3 is 10.2 Å². The van der Waals surface area contributed by atoms with Crippen LogP contribution in [0.1, 0.15) is 44.1 Å². The molecule has 3 fully saturated rings. The number of hydrogen-bond donors (Lipinski definition) is 1. The molecule has 0 unspecified atom stereocenters. The molecule has 4 rings (SSSR count). The van der Waals surface area contributed by atoms with Crippen molar-refractivity contribution in [3.63, 3.8) is 0 Å². The van der Waals surface area contributed by atoms with E-state index in [1.165, 1.54) is 44.3 Å². The van der Waals surface area contributed by atoms with E-state index in [9.17, 15) is 4.79 Å². The third-order valence-electron chi connectivity index (χ3n) is 6.98. The molecule has 3 aliphatic heterocycles. The Bertz CT molecular complexity index is 625. The third kappa shape index (κ3) is 6.00. The van der Waals surface area contributed by atoms with Crippen molar-refractivity contribution >= 4 is 5.91 Å². The van der Waals surface area contributed by atoms with Crippen LogP contribution in [0.4, 0.5) is 0 Å². The minimum absolute atomic E-state index is 0.178. The lowest BCUT2D eigenvalue weighted by molar-refractivity contribution is -0.127. The Labute approximate surface area is 175 Å². The summed E-state index contributed by atoms with van der Waals surface area (Å²) in [7, 11) is 0. The van der Waals surface area contributed by atoms with Crippen molar-refractivity contribution in [3.8, 4) is 0 Å². The highest BCUT2D eigenvalue weighted by molar-refractivity contribution is 5.78. The Morgan fingerprint density at radius 3 is 2.48 bits per heavy atom. The van der Waals surface area contributed by atoms with Crippen molar-refractivity contribution < 1.29 is 4.79 Å². The van der Waals surface area contributed by atoms with Crippen LogP contribution in [0.15, 0.2) is 24.5 Å². The topological polar surface area (TPSA) is 51.7 Å². The van der Waals surface area contributed by atoms with Gasteiger partial charge in [0.05, 0.1) is 5.92 Å². The molecule has 1 aromatic rings. The summed E-state index contributed by atoms with van der Waals surface area (Å²) in [5.41, 5.74) is 1.35. The Morgan fingerprint density at radius 2 is 1.72 bits per heavy atom. The van der Waals surface area contributed by atoms with Gasteiger partial charge in [-0.1, -0.05) is 0 Å². The van der Waals surface area contributed by atoms with Gasteiger partial charge in [0.1, 0.15) is 0 Å². The van der Waals surface area contributed by atoms with Crippen molar-refractivity contribution in [2.24, 2.45) is 5.92 Å². The highest BCUT2D eigenvalue weighted by Gasteiger charge is 2.31. The first-order chi connectivity index (χ1) is 14.3. The fourth-order valence-electron chi connectivity index (χ4n) is 5.23. The van der Waals surface area contributed by atoms with Gasteiger partial charge in [-0.05, 0) is 88.9 Å². The van der Waals surface area contributed by atoms with Crippen LogP contribution in [-0.4, -0.2) is 84.0 Å². The lowest BCUT2D eigenvalue weighted by Crippen LogP contribution is -2.51. The summed E-state index contributed by atoms with van der Waals surface area (Å²) in [6.45, 7) is 9.65. The zero-order valence-electron chi connectivity index (χ0n) is 17.8. The molecule has 0 spiro atoms. The number of piperidine rings is 2. The van der Waals surface area contributed by atoms with E-state index in [1.54, 1.807) is 0 Å². The average Bonchev–Trinajstić information content (AvgIpc) is 3.29. The van der Waals surface area contributed by atoms with E-state index >= 15 is 0 Å². The van der Waals surface area contributed by atoms with Crippen molar-refractivity contribution in [2.75, 3.05) is 52.4 Å². The quantitative estimate of drug-likeness (QED) is 0.760. The van der Waals surface area contributed by atoms with Crippen LogP contribution in [0, 0.1) is 5.92 Å². The summed E-state index contributed by atoms with van der Waals surface area (Å²) < 4.78 is 0. The number of aromatic nitrogens is 1. The lowest BCUT2D eigenvalue weighted by Gasteiger charge is -2.42. The van der Waals surface area contributed by atoms with E-state index in [0.29, 0.717) is 6.04 Å². The normalized spacial score (nSPS) is 25.3. The predicted octanol–water partition coefficient (Wildman–Crippen LogP) is 1.97. The van der Waals surface area contributed by atoms with Gasteiger partial charge in [-0.2, -0.15) is 0 Å². The molecule has 1 atom stereocenters. The van der Waals surface area contributed by atoms with Crippen LogP contribution >= 0.6 is 0 Å². The van der Waals surface area contributed by atoms with Gasteiger partial charge in [0.15, 0.2) is 0 Å². The maximum Gasteiger partial charge on any atom is 0.224 e. The minimum Gasteiger partial charge on any atom is -0.355 e. The number of carbonyl (C=O) groups is 1. The maximum absolute atomic E-state index is 12.7. The Balaban J connectivity index is 1.18. The van der Waals surface area contributed by atoms with Crippen LogP contribution in [0.25, 0.3) is 0 Å². The molecule has 3 aliphatic rings. The zero-order valence-corrected chi connectivity index (χ0v) is 17.8. The molecule has 0 bridgehead atoms. The van der Waals surface area contributed by atoms with Crippen LogP contribution in [0.3, 0.4) is 0 Å². The first-order valence-electron chi connectivity index (χ1n) is 11.6. The monoisotopic (exact) mass is 399 g/mol. The molecule has 160 valence electrons. The van der Waals surface area contributed by atoms with Gasteiger partial charge in [0.25, 0.3) is 0 Å². The number of likely N-dealkylation sites (tertiary alicyclic amines) is 3. The molecule has 6 nitrogen and oxygen atoms in total. The SMILES string of the molecule is O=C(NCCN1CCCC1)[C@@H]1CCCN(C2CCN(Cc3ccncc3)CC2)C1. The second kappa shape index (κ2) is 10.5. The number of hydrogen-bond acceptors (Lipinski definition) is 5. The largest absolute Gasteiger partial charge is 0.355 e. The molecule has 0 aromatic carbocycles. The highest BCUT2D eigenvalue weighted by atomic mass is 16.1. The van der Waals surface area contributed by atoms with Crippen molar-refractivity contribution in [1.82, 2.24) is 25.0 Å². The fraction of sp³-hybridized carbons (Fsp3) is 0.739. The van der Waals surface area contributed by atoms with Crippen LogP contribution in [0.2, 0.25) is 0 Å². The second-order valence-corrected chi connectivity index (χ2v) is 9.04. The van der Waals surface area contributed by atoms with Gasteiger partial charge in [0, 0.05) is 44.6 Å². The molecule has 0 saturated carbocycles. The first-order valence-corrected chi connectivity index (χ1v) is 11.6. The van der Waals surface area contributed by atoms with Crippen LogP contribution in [-0.2, 0) is 11.3 Å². The molecular formula is C23H37N5O. The lowest BCUT2D eigenvalue weighted by atomic mass is 9.93. The summed E-state index contributed by atoms with van der Waals surface area (Å²) in [6, 6.07) is 4.87. The van der Waals surface area contributed by atoms with E-state index in [1.807, 2.05) is 12.4 Å². The number of pyridine rings is 1. The van der Waals surface area contributed by atoms with E-state index in [2.05, 4.69) is 37.1 Å². The average molecular weight is 400 g/mol. The molecule has 3 saturated heterocycles. The Hall–Kier alpha value is -1.50. The van der Waals surface area contributed by atoms with E-state index in [0.717, 1.165) is 58.7 Å². The van der Waals surface area contributed by atoms with E-state index < -0.39 is 0 Å². The number of carbonyl (C=O) groups excluding carboxylic acids is 1. The maximum atomic E-state index is 12.7. The van der Waals surface area contributed by atoms with Crippen molar-refractivity contribution in [3.05, 3.63) is 30.1 Å². The second-order valence-electron chi connectivity index (χ2n) is 9.04. The molecule has 4 heterocycles. The molecule has 6 heteroatoms. The van der Waals surface area contributed by atoms with Gasteiger partial charge in [-0.3, -0.25) is 19.6 Å². The molecule has 1 amide bonds. The number of nitrogens with one attached hydrogen (secondary N) is 1. The van der Waals surface area contributed by atoms with Gasteiger partial charge in [-0.15, -0.1) is 0 Å². The summed E-state index contributed by atoms with van der Waals surface area (Å²) in [4.78, 5) is 24.4. The highest BCUT2D eigenvalue weighted by Crippen LogP contribution is 2.24. The van der Waals surface area contributed by atoms with Crippen molar-refractivity contribution in [1.29, 1.82) is 0 Å². The third-order valence-corrected chi connectivity index (χ3v) is 6.98. The Morgan fingerprint density at radius 1 is 0.966 bits per heavy atom. The number of nitrogens with zero attached hydrogens (tertiary/aromatic N) is 4. The predicted molar refractivity (Wildman–Crippen MR) is 116 cm³/mol. The van der Waals surface area contributed by atoms with Gasteiger partial charge in [0.2, 0.25) is 5.91 Å². The van der Waals surface area contributed by atoms with Crippen LogP contribution in [0.5, 0.6) is 0 Å². The summed E-state index contributed by atoms with van der Waals surface area (Å²) in [6.07, 6.45) is 11.0. The minimum atomic E-state index is 0.178. The van der Waals surface area contributed by atoms with Crippen molar-refractivity contribution in [2.45, 2.75) is 51.1 Å². The standard InChI is InChI=1S/C23H37N5O/c29-23(25-11-17-26-12-1-2-13-26)21-4-3-14-28(19-21)22-7-15-27(16-8-22)18-20-5-9-24-10-6-20/h5-6,9-10,21-22H,1-4,7-8,11-19H2,(H,25,29)/t21-/m1/s1. The first kappa shape index (κ1) is 20.8. The van der Waals surface area contributed by atoms with Crippen LogP contribution < -0.4 is 5.32 Å². The molecule has 1 aromatic heterocycles. The van der Waals surface area contributed by atoms with Gasteiger partial charge >= 0.3 is 0 Å². The molecule has 1 N–H and O–H groups in total. The summed E-state index contributed by atoms with van der Waals surface area (Å²) in [5.74, 6) is 0.459. The van der Waals surface area contributed by atoms with Gasteiger partial charge in [-0.25, -0.2) is 0 Å². The van der Waals surface area contributed by atoms with E-state index in [4.69, 9.17) is 0 Å². The summed E-state index contributed by atoms with van der Waals surface area (Å²) >= 11 is 0. The smallest absolute Gasteiger partial charge is 0.224 e. The fourth-order valence-corrected chi connectivity index (χ4v) is 5.23. The number of amides is 1. The Kier molecular flexibility index (Phi) is 7.52. The molecule has 0 aliphatic carbocycles. The number of rotatable bonds is 7.